The number of hydrogen-bond acceptors (Lipinski definition) is 5. The van der Waals surface area contributed by atoms with Crippen LogP contribution >= 0.6 is 11.8 Å². The highest BCUT2D eigenvalue weighted by molar-refractivity contribution is 8.18. The predicted octanol–water partition coefficient (Wildman–Crippen LogP) is 3.15. The largest absolute Gasteiger partial charge is 0.494 e. The minimum absolute atomic E-state index is 0.268. The van der Waals surface area contributed by atoms with E-state index in [1.165, 1.54) is 7.05 Å². The summed E-state index contributed by atoms with van der Waals surface area (Å²) in [5.41, 5.74) is 0.749. The van der Waals surface area contributed by atoms with Gasteiger partial charge in [0.1, 0.15) is 11.5 Å². The fourth-order valence-electron chi connectivity index (χ4n) is 1.86. The van der Waals surface area contributed by atoms with Gasteiger partial charge in [0.2, 0.25) is 0 Å². The predicted molar refractivity (Wildman–Crippen MR) is 82.5 cm³/mol. The Morgan fingerprint density at radius 2 is 1.90 bits per heavy atom. The Morgan fingerprint density at radius 3 is 2.48 bits per heavy atom. The van der Waals surface area contributed by atoms with E-state index < -0.39 is 0 Å². The van der Waals surface area contributed by atoms with Gasteiger partial charge in [0.05, 0.1) is 18.1 Å². The van der Waals surface area contributed by atoms with E-state index in [0.717, 1.165) is 22.2 Å². The molecule has 0 unspecified atom stereocenters. The smallest absolute Gasteiger partial charge is 0.293 e. The molecule has 5 nitrogen and oxygen atoms in total. The van der Waals surface area contributed by atoms with E-state index in [2.05, 4.69) is 0 Å². The topological polar surface area (TPSA) is 55.8 Å². The molecular formula is C15H17NO4S. The highest BCUT2D eigenvalue weighted by atomic mass is 32.2. The molecule has 2 amide bonds. The number of ether oxygens (including phenoxy) is 2. The molecule has 0 N–H and O–H groups in total. The van der Waals surface area contributed by atoms with Crippen LogP contribution in [0.1, 0.15) is 19.4 Å². The number of rotatable bonds is 5. The first-order valence-corrected chi connectivity index (χ1v) is 7.49. The number of benzene rings is 1. The Morgan fingerprint density at radius 1 is 1.19 bits per heavy atom. The number of carbonyl (C=O) groups is 2. The summed E-state index contributed by atoms with van der Waals surface area (Å²) in [7, 11) is 1.47. The second-order valence-electron chi connectivity index (χ2n) is 4.31. The minimum atomic E-state index is -0.290. The van der Waals surface area contributed by atoms with Gasteiger partial charge in [-0.3, -0.25) is 14.5 Å². The van der Waals surface area contributed by atoms with Gasteiger partial charge in [0.25, 0.3) is 11.1 Å². The molecule has 0 atom stereocenters. The molecule has 0 aliphatic carbocycles. The summed E-state index contributed by atoms with van der Waals surface area (Å²) in [6.45, 7) is 4.87. The average Bonchev–Trinajstić information content (AvgIpc) is 2.70. The number of hydrogen-bond donors (Lipinski definition) is 0. The molecule has 1 saturated heterocycles. The second-order valence-corrected chi connectivity index (χ2v) is 5.30. The zero-order chi connectivity index (χ0) is 15.4. The van der Waals surface area contributed by atoms with Gasteiger partial charge in [-0.2, -0.15) is 0 Å². The fourth-order valence-corrected chi connectivity index (χ4v) is 2.68. The lowest BCUT2D eigenvalue weighted by molar-refractivity contribution is -0.121. The van der Waals surface area contributed by atoms with Crippen molar-refractivity contribution in [1.82, 2.24) is 4.90 Å². The van der Waals surface area contributed by atoms with Crippen LogP contribution in [0.4, 0.5) is 4.79 Å². The van der Waals surface area contributed by atoms with E-state index in [9.17, 15) is 9.59 Å². The third-order valence-corrected chi connectivity index (χ3v) is 3.83. The quantitative estimate of drug-likeness (QED) is 0.782. The number of amides is 2. The van der Waals surface area contributed by atoms with E-state index in [-0.39, 0.29) is 11.1 Å². The molecule has 0 aromatic heterocycles. The van der Waals surface area contributed by atoms with Crippen molar-refractivity contribution in [3.63, 3.8) is 0 Å². The SMILES string of the molecule is CCOc1ccc(/C=C2\SC(=O)N(C)C2=O)c(OCC)c1. The molecule has 0 spiro atoms. The Kier molecular flexibility index (Phi) is 4.90. The summed E-state index contributed by atoms with van der Waals surface area (Å²) in [5.74, 6) is 1.05. The van der Waals surface area contributed by atoms with Gasteiger partial charge in [-0.05, 0) is 43.8 Å². The molecule has 1 heterocycles. The molecule has 1 aromatic rings. The summed E-state index contributed by atoms with van der Waals surface area (Å²) in [4.78, 5) is 24.9. The second kappa shape index (κ2) is 6.67. The van der Waals surface area contributed by atoms with Crippen LogP contribution in [0.5, 0.6) is 11.5 Å². The molecular weight excluding hydrogens is 290 g/mol. The molecule has 1 aliphatic heterocycles. The number of nitrogens with zero attached hydrogens (tertiary/aromatic N) is 1. The molecule has 21 heavy (non-hydrogen) atoms. The van der Waals surface area contributed by atoms with Gasteiger partial charge in [-0.1, -0.05) is 0 Å². The van der Waals surface area contributed by atoms with Crippen LogP contribution in [0, 0.1) is 0 Å². The molecule has 6 heteroatoms. The summed E-state index contributed by atoms with van der Waals surface area (Å²) in [6, 6.07) is 5.42. The summed E-state index contributed by atoms with van der Waals surface area (Å²) in [5, 5.41) is -0.268. The Balaban J connectivity index is 2.35. The van der Waals surface area contributed by atoms with Crippen LogP contribution < -0.4 is 9.47 Å². The number of imide groups is 1. The van der Waals surface area contributed by atoms with E-state index in [4.69, 9.17) is 9.47 Å². The van der Waals surface area contributed by atoms with Gasteiger partial charge in [0.15, 0.2) is 0 Å². The standard InChI is InChI=1S/C15H17NO4S/c1-4-19-11-7-6-10(12(9-11)20-5-2)8-13-14(17)16(3)15(18)21-13/h6-9H,4-5H2,1-3H3/b13-8-. The molecule has 0 saturated carbocycles. The maximum atomic E-state index is 11.9. The van der Waals surface area contributed by atoms with Crippen molar-refractivity contribution < 1.29 is 19.1 Å². The van der Waals surface area contributed by atoms with E-state index >= 15 is 0 Å². The Labute approximate surface area is 127 Å². The lowest BCUT2D eigenvalue weighted by atomic mass is 10.1. The van der Waals surface area contributed by atoms with Gasteiger partial charge in [-0.15, -0.1) is 0 Å². The van der Waals surface area contributed by atoms with Crippen LogP contribution in [0.15, 0.2) is 23.1 Å². The Bertz CT molecular complexity index is 597. The van der Waals surface area contributed by atoms with Gasteiger partial charge in [-0.25, -0.2) is 0 Å². The first kappa shape index (κ1) is 15.4. The summed E-state index contributed by atoms with van der Waals surface area (Å²) in [6.07, 6.45) is 1.68. The first-order chi connectivity index (χ1) is 10.1. The zero-order valence-electron chi connectivity index (χ0n) is 12.2. The molecule has 1 fully saturated rings. The third-order valence-electron chi connectivity index (χ3n) is 2.87. The van der Waals surface area contributed by atoms with Crippen LogP contribution in [-0.2, 0) is 4.79 Å². The molecule has 112 valence electrons. The molecule has 1 aliphatic rings. The van der Waals surface area contributed by atoms with Crippen LogP contribution in [0.25, 0.3) is 6.08 Å². The maximum absolute atomic E-state index is 11.9. The van der Waals surface area contributed by atoms with Crippen LogP contribution in [-0.4, -0.2) is 36.3 Å². The van der Waals surface area contributed by atoms with E-state index in [0.29, 0.717) is 29.6 Å². The van der Waals surface area contributed by atoms with Crippen LogP contribution in [0.2, 0.25) is 0 Å². The van der Waals surface area contributed by atoms with Crippen LogP contribution in [0.3, 0.4) is 0 Å². The minimum Gasteiger partial charge on any atom is -0.494 e. The average molecular weight is 307 g/mol. The van der Waals surface area contributed by atoms with Crippen molar-refractivity contribution in [1.29, 1.82) is 0 Å². The van der Waals surface area contributed by atoms with Gasteiger partial charge < -0.3 is 9.47 Å². The van der Waals surface area contributed by atoms with Crippen molar-refractivity contribution in [2.75, 3.05) is 20.3 Å². The normalized spacial score (nSPS) is 16.7. The molecule has 1 aromatic carbocycles. The zero-order valence-corrected chi connectivity index (χ0v) is 13.0. The van der Waals surface area contributed by atoms with Crippen molar-refractivity contribution in [3.8, 4) is 11.5 Å². The lowest BCUT2D eigenvalue weighted by Gasteiger charge is -2.10. The maximum Gasteiger partial charge on any atom is 0.293 e. The van der Waals surface area contributed by atoms with Gasteiger partial charge >= 0.3 is 0 Å². The number of likely N-dealkylation sites (N-methyl/N-ethyl adjacent to an activating group) is 1. The number of carbonyl (C=O) groups excluding carboxylic acids is 2. The van der Waals surface area contributed by atoms with E-state index in [1.54, 1.807) is 12.1 Å². The summed E-state index contributed by atoms with van der Waals surface area (Å²) >= 11 is 0.930. The highest BCUT2D eigenvalue weighted by Gasteiger charge is 2.32. The lowest BCUT2D eigenvalue weighted by Crippen LogP contribution is -2.22. The molecule has 0 bridgehead atoms. The molecule has 0 radical (unpaired) electrons. The monoisotopic (exact) mass is 307 g/mol. The van der Waals surface area contributed by atoms with Crippen molar-refractivity contribution in [2.24, 2.45) is 0 Å². The van der Waals surface area contributed by atoms with Crippen molar-refractivity contribution >= 4 is 29.0 Å². The highest BCUT2D eigenvalue weighted by Crippen LogP contribution is 2.34. The Hall–Kier alpha value is -1.95. The summed E-state index contributed by atoms with van der Waals surface area (Å²) < 4.78 is 11.0. The first-order valence-electron chi connectivity index (χ1n) is 6.68. The fraction of sp³-hybridized carbons (Fsp3) is 0.333. The van der Waals surface area contributed by atoms with E-state index in [1.807, 2.05) is 26.0 Å². The third kappa shape index (κ3) is 3.39. The number of thioether (sulfide) groups is 1. The van der Waals surface area contributed by atoms with Gasteiger partial charge in [0, 0.05) is 18.7 Å². The van der Waals surface area contributed by atoms with Crippen molar-refractivity contribution in [2.45, 2.75) is 13.8 Å². The van der Waals surface area contributed by atoms with Crippen molar-refractivity contribution in [3.05, 3.63) is 28.7 Å². The molecule has 2 rings (SSSR count).